The van der Waals surface area contributed by atoms with Gasteiger partial charge in [0.15, 0.2) is 0 Å². The van der Waals surface area contributed by atoms with E-state index in [2.05, 4.69) is 32.4 Å². The third-order valence-corrected chi connectivity index (χ3v) is 2.29. The molecule has 0 fully saturated rings. The molecule has 0 atom stereocenters. The van der Waals surface area contributed by atoms with Crippen molar-refractivity contribution in [3.63, 3.8) is 0 Å². The van der Waals surface area contributed by atoms with Gasteiger partial charge in [0, 0.05) is 6.20 Å². The Hall–Kier alpha value is -1.14. The van der Waals surface area contributed by atoms with Crippen molar-refractivity contribution < 1.29 is 4.84 Å². The maximum atomic E-state index is 4.68. The minimum Gasteiger partial charge on any atom is -0.280 e. The highest BCUT2D eigenvalue weighted by molar-refractivity contribution is 7.99. The van der Waals surface area contributed by atoms with Crippen LogP contribution in [0.1, 0.15) is 18.3 Å². The largest absolute Gasteiger partial charge is 0.280 e. The molecule has 0 amide bonds. The average Bonchev–Trinajstić information content (AvgIpc) is 2.23. The number of rotatable bonds is 5. The number of thioether (sulfide) groups is 1. The molecule has 0 spiro atoms. The maximum absolute atomic E-state index is 4.68. The van der Waals surface area contributed by atoms with E-state index in [-0.39, 0.29) is 0 Å². The molecule has 1 heterocycles. The zero-order valence-corrected chi connectivity index (χ0v) is 9.84. The summed E-state index contributed by atoms with van der Waals surface area (Å²) in [5, 5.41) is 8.69. The molecule has 0 aliphatic carbocycles. The smallest absolute Gasteiger partial charge is 0.209 e. The minimum absolute atomic E-state index is 0.695. The summed E-state index contributed by atoms with van der Waals surface area (Å²) in [4.78, 5) is 9.02. The second-order valence-corrected chi connectivity index (χ2v) is 3.88. The van der Waals surface area contributed by atoms with Crippen LogP contribution < -0.4 is 5.48 Å². The molecular formula is C9H14N4OS. The number of aromatic nitrogens is 3. The first-order chi connectivity index (χ1) is 7.27. The van der Waals surface area contributed by atoms with Crippen molar-refractivity contribution in [2.24, 2.45) is 0 Å². The molecule has 0 radical (unpaired) electrons. The van der Waals surface area contributed by atoms with Crippen LogP contribution in [0, 0.1) is 6.92 Å². The third-order valence-electron chi connectivity index (χ3n) is 1.57. The van der Waals surface area contributed by atoms with Crippen LogP contribution >= 0.6 is 11.8 Å². The number of hydrogen-bond acceptors (Lipinski definition) is 6. The lowest BCUT2D eigenvalue weighted by molar-refractivity contribution is 0.129. The molecule has 0 saturated carbocycles. The predicted molar refractivity (Wildman–Crippen MR) is 60.1 cm³/mol. The van der Waals surface area contributed by atoms with Gasteiger partial charge in [-0.25, -0.2) is 4.98 Å². The summed E-state index contributed by atoms with van der Waals surface area (Å²) in [6, 6.07) is 0. The molecule has 0 aromatic carbocycles. The fraction of sp³-hybridized carbons (Fsp3) is 0.444. The van der Waals surface area contributed by atoms with Crippen molar-refractivity contribution in [1.82, 2.24) is 20.7 Å². The molecule has 1 aromatic rings. The molecule has 1 N–H and O–H groups in total. The fourth-order valence-electron chi connectivity index (χ4n) is 0.904. The van der Waals surface area contributed by atoms with E-state index in [1.165, 1.54) is 0 Å². The molecule has 82 valence electrons. The van der Waals surface area contributed by atoms with E-state index in [1.807, 2.05) is 6.92 Å². The van der Waals surface area contributed by atoms with Crippen molar-refractivity contribution in [2.75, 3.05) is 12.9 Å². The molecule has 0 aliphatic rings. The number of nitrogens with one attached hydrogen (secondary N) is 1. The van der Waals surface area contributed by atoms with E-state index in [1.54, 1.807) is 31.1 Å². The number of aryl methyl sites for hydroxylation is 1. The Morgan fingerprint density at radius 1 is 1.47 bits per heavy atom. The van der Waals surface area contributed by atoms with Crippen LogP contribution in [0.3, 0.4) is 0 Å². The number of hydrogen-bond donors (Lipinski definition) is 1. The molecule has 0 unspecified atom stereocenters. The quantitative estimate of drug-likeness (QED) is 0.605. The summed E-state index contributed by atoms with van der Waals surface area (Å²) in [5.74, 6) is 0.935. The monoisotopic (exact) mass is 226 g/mol. The zero-order valence-electron chi connectivity index (χ0n) is 9.02. The Morgan fingerprint density at radius 3 is 2.93 bits per heavy atom. The zero-order chi connectivity index (χ0) is 11.1. The van der Waals surface area contributed by atoms with Gasteiger partial charge >= 0.3 is 0 Å². The van der Waals surface area contributed by atoms with Gasteiger partial charge < -0.3 is 0 Å². The predicted octanol–water partition coefficient (Wildman–Crippen LogP) is 1.41. The van der Waals surface area contributed by atoms with Gasteiger partial charge in [0.1, 0.15) is 0 Å². The van der Waals surface area contributed by atoms with Crippen LogP contribution in [0.4, 0.5) is 0 Å². The molecule has 0 aliphatic heterocycles. The Morgan fingerprint density at radius 2 is 2.27 bits per heavy atom. The summed E-state index contributed by atoms with van der Waals surface area (Å²) in [5.41, 5.74) is 4.19. The summed E-state index contributed by atoms with van der Waals surface area (Å²) in [6.07, 6.45) is 3.46. The summed E-state index contributed by atoms with van der Waals surface area (Å²) in [6.45, 7) is 3.92. The normalized spacial score (nSPS) is 10.9. The van der Waals surface area contributed by atoms with E-state index in [9.17, 15) is 0 Å². The minimum atomic E-state index is 0.695. The Balaban J connectivity index is 2.80. The van der Waals surface area contributed by atoms with E-state index < -0.39 is 0 Å². The molecule has 1 rings (SSSR count). The topological polar surface area (TPSA) is 59.9 Å². The van der Waals surface area contributed by atoms with Crippen LogP contribution in [0.25, 0.3) is 6.08 Å². The van der Waals surface area contributed by atoms with Gasteiger partial charge in [-0.2, -0.15) is 5.10 Å². The third kappa shape index (κ3) is 3.85. The highest BCUT2D eigenvalue weighted by Gasteiger charge is 2.02. The van der Waals surface area contributed by atoms with Crippen LogP contribution in [0.2, 0.25) is 0 Å². The maximum Gasteiger partial charge on any atom is 0.209 e. The number of hydroxylamine groups is 1. The van der Waals surface area contributed by atoms with Gasteiger partial charge in [-0.15, -0.1) is 5.10 Å². The van der Waals surface area contributed by atoms with Crippen molar-refractivity contribution in [3.8, 4) is 0 Å². The van der Waals surface area contributed by atoms with Crippen LogP contribution in [-0.2, 0) is 4.84 Å². The molecule has 1 aromatic heterocycles. The molecule has 6 heteroatoms. The standard InChI is InChI=1S/C9H14N4OS/c1-4-15-9-11-8(5-6-10-14-3)7(2)12-13-9/h5-6,10H,4H2,1-3H3/b6-5+. The highest BCUT2D eigenvalue weighted by atomic mass is 32.2. The van der Waals surface area contributed by atoms with Gasteiger partial charge in [0.2, 0.25) is 5.16 Å². The van der Waals surface area contributed by atoms with E-state index in [0.29, 0.717) is 5.16 Å². The van der Waals surface area contributed by atoms with E-state index >= 15 is 0 Å². The van der Waals surface area contributed by atoms with Crippen LogP contribution in [0.5, 0.6) is 0 Å². The molecular weight excluding hydrogens is 212 g/mol. The molecule has 5 nitrogen and oxygen atoms in total. The first-order valence-electron chi connectivity index (χ1n) is 4.57. The second-order valence-electron chi connectivity index (χ2n) is 2.65. The lowest BCUT2D eigenvalue weighted by Crippen LogP contribution is -2.02. The summed E-state index contributed by atoms with van der Waals surface area (Å²) < 4.78 is 0. The van der Waals surface area contributed by atoms with Crippen molar-refractivity contribution in [3.05, 3.63) is 17.6 Å². The highest BCUT2D eigenvalue weighted by Crippen LogP contribution is 2.12. The first kappa shape index (κ1) is 11.9. The van der Waals surface area contributed by atoms with Gasteiger partial charge in [-0.05, 0) is 18.8 Å². The lowest BCUT2D eigenvalue weighted by atomic mass is 10.3. The van der Waals surface area contributed by atoms with Crippen molar-refractivity contribution in [2.45, 2.75) is 19.0 Å². The molecule has 0 saturated heterocycles. The van der Waals surface area contributed by atoms with Crippen LogP contribution in [-0.4, -0.2) is 28.0 Å². The summed E-state index contributed by atoms with van der Waals surface area (Å²) in [7, 11) is 1.55. The van der Waals surface area contributed by atoms with Crippen molar-refractivity contribution in [1.29, 1.82) is 0 Å². The van der Waals surface area contributed by atoms with Gasteiger partial charge in [-0.3, -0.25) is 10.3 Å². The van der Waals surface area contributed by atoms with Gasteiger partial charge in [0.25, 0.3) is 0 Å². The second kappa shape index (κ2) is 6.36. The van der Waals surface area contributed by atoms with E-state index in [0.717, 1.165) is 17.1 Å². The first-order valence-corrected chi connectivity index (χ1v) is 5.55. The van der Waals surface area contributed by atoms with Gasteiger partial charge in [0.05, 0.1) is 18.5 Å². The Kier molecular flexibility index (Phi) is 5.06. The number of nitrogens with zero attached hydrogens (tertiary/aromatic N) is 3. The SMILES string of the molecule is CCSc1nnc(C)c(/C=C/NOC)n1. The van der Waals surface area contributed by atoms with Crippen LogP contribution in [0.15, 0.2) is 11.4 Å². The lowest BCUT2D eigenvalue weighted by Gasteiger charge is -2.00. The average molecular weight is 226 g/mol. The van der Waals surface area contributed by atoms with Gasteiger partial charge in [-0.1, -0.05) is 18.7 Å². The van der Waals surface area contributed by atoms with Crippen molar-refractivity contribution >= 4 is 17.8 Å². The van der Waals surface area contributed by atoms with E-state index in [4.69, 9.17) is 0 Å². The fourth-order valence-corrected chi connectivity index (χ4v) is 1.42. The summed E-state index contributed by atoms with van der Waals surface area (Å²) >= 11 is 1.57. The molecule has 15 heavy (non-hydrogen) atoms. The Bertz CT molecular complexity index is 343. The Labute approximate surface area is 93.3 Å². The molecule has 0 bridgehead atoms.